The maximum absolute atomic E-state index is 13.0. The third-order valence-corrected chi connectivity index (χ3v) is 5.82. The third kappa shape index (κ3) is 8.28. The third-order valence-electron chi connectivity index (χ3n) is 5.15. The van der Waals surface area contributed by atoms with E-state index >= 15 is 0 Å². The number of nitriles is 1. The van der Waals surface area contributed by atoms with Crippen LogP contribution < -0.4 is 13.1 Å². The van der Waals surface area contributed by atoms with Gasteiger partial charge in [-0.2, -0.15) is 5.26 Å². The predicted octanol–water partition coefficient (Wildman–Crippen LogP) is 6.46. The summed E-state index contributed by atoms with van der Waals surface area (Å²) >= 11 is 0.934. The van der Waals surface area contributed by atoms with Gasteiger partial charge in [-0.25, -0.2) is 4.79 Å². The summed E-state index contributed by atoms with van der Waals surface area (Å²) in [6, 6.07) is 13.8. The van der Waals surface area contributed by atoms with Crippen LogP contribution in [0.5, 0.6) is 11.5 Å². The van der Waals surface area contributed by atoms with Crippen molar-refractivity contribution in [2.45, 2.75) is 48.5 Å². The molecule has 0 spiro atoms. The first-order chi connectivity index (χ1) is 18.3. The first-order valence-corrected chi connectivity index (χ1v) is 13.6. The van der Waals surface area contributed by atoms with Gasteiger partial charge in [0.15, 0.2) is 0 Å². The minimum atomic E-state index is -0.593. The molecule has 0 aliphatic heterocycles. The van der Waals surface area contributed by atoms with Crippen molar-refractivity contribution in [3.63, 3.8) is 0 Å². The van der Waals surface area contributed by atoms with E-state index in [9.17, 15) is 14.9 Å². The SMILES string of the molecule is CC.CC.CC.COC(=O)c1cc(C#N)c(OC)cc1-c1cc(C(=O)Nc2ccc([O][Sn])cc2)c(C)n1C. The van der Waals surface area contributed by atoms with E-state index in [0.29, 0.717) is 34.0 Å². The molecule has 0 unspecified atom stereocenters. The second-order valence-corrected chi connectivity index (χ2v) is 7.45. The Morgan fingerprint density at radius 1 is 0.947 bits per heavy atom. The van der Waals surface area contributed by atoms with Crippen molar-refractivity contribution in [1.29, 1.82) is 5.26 Å². The van der Waals surface area contributed by atoms with E-state index in [1.54, 1.807) is 48.0 Å². The van der Waals surface area contributed by atoms with Gasteiger partial charge in [0.05, 0.1) is 19.8 Å². The van der Waals surface area contributed by atoms with Crippen LogP contribution in [0.4, 0.5) is 5.69 Å². The molecule has 3 radical (unpaired) electrons. The van der Waals surface area contributed by atoms with Crippen LogP contribution in [0.2, 0.25) is 0 Å². The molecule has 2 aromatic carbocycles. The number of carbonyl (C=O) groups excluding carboxylic acids is 2. The Balaban J connectivity index is 0.00000213. The van der Waals surface area contributed by atoms with Gasteiger partial charge in [-0.3, -0.25) is 0 Å². The van der Waals surface area contributed by atoms with Gasteiger partial charge >= 0.3 is 142 Å². The summed E-state index contributed by atoms with van der Waals surface area (Å²) in [5.74, 6) is 0.162. The molecular formula is C29H38N3O5Sn. The summed E-state index contributed by atoms with van der Waals surface area (Å²) in [6.45, 7) is 13.8. The summed E-state index contributed by atoms with van der Waals surface area (Å²) in [5.41, 5.74) is 3.29. The van der Waals surface area contributed by atoms with Crippen LogP contribution in [0.15, 0.2) is 42.5 Å². The molecule has 0 saturated heterocycles. The monoisotopic (exact) mass is 628 g/mol. The van der Waals surface area contributed by atoms with Crippen LogP contribution >= 0.6 is 0 Å². The molecule has 1 N–H and O–H groups in total. The number of nitrogens with zero attached hydrogens (tertiary/aromatic N) is 2. The minimum absolute atomic E-state index is 0.204. The Labute approximate surface area is 240 Å². The Hall–Kier alpha value is -3.45. The van der Waals surface area contributed by atoms with E-state index in [-0.39, 0.29) is 17.0 Å². The zero-order chi connectivity index (χ0) is 29.4. The van der Waals surface area contributed by atoms with Crippen LogP contribution in [0.25, 0.3) is 11.3 Å². The molecule has 3 rings (SSSR count). The van der Waals surface area contributed by atoms with Crippen LogP contribution in [-0.2, 0) is 11.8 Å². The second-order valence-electron chi connectivity index (χ2n) is 6.87. The molecule has 1 heterocycles. The van der Waals surface area contributed by atoms with Crippen molar-refractivity contribution in [2.75, 3.05) is 19.5 Å². The molecule has 1 amide bonds. The van der Waals surface area contributed by atoms with E-state index < -0.39 is 5.97 Å². The number of anilines is 1. The number of nitrogens with one attached hydrogen (secondary N) is 1. The zero-order valence-corrected chi connectivity index (χ0v) is 26.8. The van der Waals surface area contributed by atoms with Gasteiger partial charge in [-0.1, -0.05) is 41.5 Å². The normalized spacial score (nSPS) is 9.11. The average molecular weight is 627 g/mol. The summed E-state index contributed by atoms with van der Waals surface area (Å²) in [7, 11) is 4.51. The molecule has 9 heteroatoms. The van der Waals surface area contributed by atoms with Gasteiger partial charge in [0.25, 0.3) is 0 Å². The van der Waals surface area contributed by atoms with Crippen molar-refractivity contribution in [1.82, 2.24) is 4.57 Å². The Morgan fingerprint density at radius 3 is 2.00 bits per heavy atom. The molecule has 8 nitrogen and oxygen atoms in total. The van der Waals surface area contributed by atoms with Gasteiger partial charge in [0.1, 0.15) is 11.8 Å². The summed E-state index contributed by atoms with van der Waals surface area (Å²) < 4.78 is 17.3. The summed E-state index contributed by atoms with van der Waals surface area (Å²) in [4.78, 5) is 25.4. The quantitative estimate of drug-likeness (QED) is 0.249. The van der Waals surface area contributed by atoms with E-state index in [0.717, 1.165) is 28.7 Å². The van der Waals surface area contributed by atoms with Crippen molar-refractivity contribution < 1.29 is 22.1 Å². The number of rotatable bonds is 6. The molecule has 1 aromatic heterocycles. The molecule has 0 aliphatic rings. The number of aromatic nitrogens is 1. The van der Waals surface area contributed by atoms with E-state index in [1.165, 1.54) is 20.3 Å². The number of hydrogen-bond acceptors (Lipinski definition) is 6. The Morgan fingerprint density at radius 2 is 1.53 bits per heavy atom. The number of benzene rings is 2. The fraction of sp³-hybridized carbons (Fsp3) is 0.345. The molecule has 0 fully saturated rings. The van der Waals surface area contributed by atoms with Gasteiger partial charge in [0, 0.05) is 0 Å². The van der Waals surface area contributed by atoms with Crippen LogP contribution in [0, 0.1) is 18.3 Å². The fourth-order valence-corrected chi connectivity index (χ4v) is 3.71. The molecule has 0 atom stereocenters. The maximum atomic E-state index is 13.0. The van der Waals surface area contributed by atoms with E-state index in [4.69, 9.17) is 12.5 Å². The second kappa shape index (κ2) is 17.9. The van der Waals surface area contributed by atoms with Crippen molar-refractivity contribution in [2.24, 2.45) is 7.05 Å². The van der Waals surface area contributed by atoms with Crippen LogP contribution in [0.1, 0.15) is 73.5 Å². The molecule has 0 bridgehead atoms. The first kappa shape index (κ1) is 34.5. The number of amides is 1. The van der Waals surface area contributed by atoms with E-state index in [1.807, 2.05) is 54.5 Å². The van der Waals surface area contributed by atoms with Crippen molar-refractivity contribution in [3.05, 3.63) is 64.8 Å². The fourth-order valence-electron chi connectivity index (χ4n) is 3.32. The van der Waals surface area contributed by atoms with Crippen molar-refractivity contribution >= 4 is 40.5 Å². The van der Waals surface area contributed by atoms with Gasteiger partial charge < -0.3 is 9.47 Å². The molecule has 0 saturated carbocycles. The topological polar surface area (TPSA) is 103 Å². The Bertz CT molecular complexity index is 1230. The van der Waals surface area contributed by atoms with Crippen LogP contribution in [-0.4, -0.2) is 53.6 Å². The Kier molecular flexibility index (Phi) is 16.3. The predicted molar refractivity (Wildman–Crippen MR) is 153 cm³/mol. The summed E-state index contributed by atoms with van der Waals surface area (Å²) in [6.07, 6.45) is 0. The number of carbonyl (C=O) groups is 2. The molecule has 3 aromatic rings. The number of ether oxygens (including phenoxy) is 2. The molecule has 0 aliphatic carbocycles. The van der Waals surface area contributed by atoms with Gasteiger partial charge in [-0.15, -0.1) is 0 Å². The zero-order valence-electron chi connectivity index (χ0n) is 24.0. The number of hydrogen-bond donors (Lipinski definition) is 1. The standard InChI is InChI=1S/C23H21N3O5.3C2H6.Sn/c1-13-17(22(28)25-15-5-7-16(27)8-6-15)10-20(26(13)2)18-11-21(30-3)14(12-24)9-19(18)23(29)31-4;3*1-2;/h5-11,27H,1-4H3,(H,25,28);3*1-2H3;/q;;;;+1/p-1. The first-order valence-electron chi connectivity index (χ1n) is 12.5. The molecular weight excluding hydrogens is 589 g/mol. The van der Waals surface area contributed by atoms with Crippen LogP contribution in [0.3, 0.4) is 0 Å². The average Bonchev–Trinajstić information content (AvgIpc) is 3.29. The molecule has 38 heavy (non-hydrogen) atoms. The van der Waals surface area contributed by atoms with Crippen molar-refractivity contribution in [3.8, 4) is 28.8 Å². The molecule has 203 valence electrons. The van der Waals surface area contributed by atoms with Gasteiger partial charge in [0.2, 0.25) is 0 Å². The number of methoxy groups -OCH3 is 2. The van der Waals surface area contributed by atoms with E-state index in [2.05, 4.69) is 5.32 Å². The van der Waals surface area contributed by atoms with Gasteiger partial charge in [-0.05, 0) is 6.07 Å². The number of esters is 1. The summed E-state index contributed by atoms with van der Waals surface area (Å²) in [5, 5.41) is 12.3.